The molecule has 0 aromatic heterocycles. The summed E-state index contributed by atoms with van der Waals surface area (Å²) in [4.78, 5) is 0. The summed E-state index contributed by atoms with van der Waals surface area (Å²) in [5, 5.41) is 1.83. The largest absolute Gasteiger partial charge is 0.0922 e. The Morgan fingerprint density at radius 2 is 2.17 bits per heavy atom. The third kappa shape index (κ3) is 2.02. The minimum absolute atomic E-state index is 0.485. The van der Waals surface area contributed by atoms with Gasteiger partial charge in [0.25, 0.3) is 0 Å². The molecule has 0 heterocycles. The maximum atomic E-state index is 6.08. The van der Waals surface area contributed by atoms with E-state index in [9.17, 15) is 0 Å². The van der Waals surface area contributed by atoms with Crippen molar-refractivity contribution in [3.05, 3.63) is 34.3 Å². The van der Waals surface area contributed by atoms with Gasteiger partial charge in [-0.05, 0) is 30.0 Å². The predicted octanol–water partition coefficient (Wildman–Crippen LogP) is 4.15. The molecule has 1 unspecified atom stereocenters. The molecule has 0 bridgehead atoms. The van der Waals surface area contributed by atoms with E-state index in [0.717, 1.165) is 10.4 Å². The van der Waals surface area contributed by atoms with Crippen LogP contribution in [0, 0.1) is 6.92 Å². The topological polar surface area (TPSA) is 0 Å². The van der Waals surface area contributed by atoms with Crippen molar-refractivity contribution in [3.8, 4) is 0 Å². The van der Waals surface area contributed by atoms with E-state index in [0.29, 0.717) is 5.92 Å². The maximum Gasteiger partial charge on any atom is 0.0443 e. The van der Waals surface area contributed by atoms with E-state index in [4.69, 9.17) is 11.6 Å². The van der Waals surface area contributed by atoms with Crippen LogP contribution in [-0.4, -0.2) is 5.33 Å². The van der Waals surface area contributed by atoms with E-state index >= 15 is 0 Å². The first-order valence-electron chi connectivity index (χ1n) is 3.97. The molecule has 1 atom stereocenters. The van der Waals surface area contributed by atoms with Crippen LogP contribution in [0.4, 0.5) is 0 Å². The highest BCUT2D eigenvalue weighted by Gasteiger charge is 2.10. The number of benzene rings is 1. The molecule has 0 fully saturated rings. The highest BCUT2D eigenvalue weighted by molar-refractivity contribution is 9.09. The third-order valence-electron chi connectivity index (χ3n) is 2.00. The van der Waals surface area contributed by atoms with Crippen molar-refractivity contribution in [2.45, 2.75) is 19.8 Å². The summed E-state index contributed by atoms with van der Waals surface area (Å²) < 4.78 is 0. The number of hydrogen-bond acceptors (Lipinski definition) is 0. The van der Waals surface area contributed by atoms with Crippen molar-refractivity contribution in [1.82, 2.24) is 0 Å². The molecule has 0 aliphatic heterocycles. The quantitative estimate of drug-likeness (QED) is 0.689. The lowest BCUT2D eigenvalue weighted by atomic mass is 9.98. The van der Waals surface area contributed by atoms with Crippen molar-refractivity contribution in [2.75, 3.05) is 5.33 Å². The van der Waals surface area contributed by atoms with Crippen molar-refractivity contribution in [3.63, 3.8) is 0 Å². The van der Waals surface area contributed by atoms with Gasteiger partial charge >= 0.3 is 0 Å². The number of hydrogen-bond donors (Lipinski definition) is 0. The van der Waals surface area contributed by atoms with Crippen LogP contribution in [0.3, 0.4) is 0 Å². The van der Waals surface area contributed by atoms with Gasteiger partial charge in [0, 0.05) is 10.4 Å². The first-order valence-corrected chi connectivity index (χ1v) is 5.47. The third-order valence-corrected chi connectivity index (χ3v) is 3.30. The van der Waals surface area contributed by atoms with Crippen molar-refractivity contribution < 1.29 is 0 Å². The Morgan fingerprint density at radius 1 is 1.50 bits per heavy atom. The van der Waals surface area contributed by atoms with Crippen LogP contribution in [0.2, 0.25) is 5.02 Å². The van der Waals surface area contributed by atoms with Gasteiger partial charge in [0.15, 0.2) is 0 Å². The molecule has 0 amide bonds. The zero-order valence-electron chi connectivity index (χ0n) is 7.27. The van der Waals surface area contributed by atoms with E-state index in [2.05, 4.69) is 35.8 Å². The minimum atomic E-state index is 0.485. The Bertz CT molecular complexity index is 250. The summed E-state index contributed by atoms with van der Waals surface area (Å²) in [5.41, 5.74) is 2.53. The summed E-state index contributed by atoms with van der Waals surface area (Å²) in [6, 6.07) is 6.03. The number of aryl methyl sites for hydroxylation is 1. The van der Waals surface area contributed by atoms with Crippen LogP contribution in [0.25, 0.3) is 0 Å². The molecule has 1 aromatic rings. The first kappa shape index (κ1) is 10.1. The molecule has 1 rings (SSSR count). The molecular formula is C10H12BrCl. The van der Waals surface area contributed by atoms with E-state index < -0.39 is 0 Å². The van der Waals surface area contributed by atoms with E-state index in [1.165, 1.54) is 11.1 Å². The molecule has 0 saturated carbocycles. The fourth-order valence-electron chi connectivity index (χ4n) is 1.35. The summed E-state index contributed by atoms with van der Waals surface area (Å²) in [6.45, 7) is 4.27. The molecule has 66 valence electrons. The van der Waals surface area contributed by atoms with Gasteiger partial charge in [-0.15, -0.1) is 0 Å². The average molecular weight is 248 g/mol. The lowest BCUT2D eigenvalue weighted by Crippen LogP contribution is -1.98. The number of alkyl halides is 1. The van der Waals surface area contributed by atoms with Gasteiger partial charge < -0.3 is 0 Å². The monoisotopic (exact) mass is 246 g/mol. The SMILES string of the molecule is Cc1cccc(Cl)c1C(C)CBr. The van der Waals surface area contributed by atoms with Gasteiger partial charge in [-0.1, -0.05) is 46.6 Å². The predicted molar refractivity (Wildman–Crippen MR) is 58.4 cm³/mol. The van der Waals surface area contributed by atoms with Crippen LogP contribution >= 0.6 is 27.5 Å². The van der Waals surface area contributed by atoms with Crippen LogP contribution in [0.1, 0.15) is 24.0 Å². The molecule has 0 spiro atoms. The first-order chi connectivity index (χ1) is 5.66. The second kappa shape index (κ2) is 4.29. The van der Waals surface area contributed by atoms with Crippen LogP contribution in [-0.2, 0) is 0 Å². The van der Waals surface area contributed by atoms with Crippen molar-refractivity contribution in [2.24, 2.45) is 0 Å². The Hall–Kier alpha value is -0.0100. The van der Waals surface area contributed by atoms with Gasteiger partial charge in [0.2, 0.25) is 0 Å². The fraction of sp³-hybridized carbons (Fsp3) is 0.400. The molecule has 0 aliphatic rings. The van der Waals surface area contributed by atoms with Gasteiger partial charge in [-0.3, -0.25) is 0 Å². The number of halogens is 2. The molecule has 12 heavy (non-hydrogen) atoms. The summed E-state index contributed by atoms with van der Waals surface area (Å²) in [6.07, 6.45) is 0. The summed E-state index contributed by atoms with van der Waals surface area (Å²) >= 11 is 9.54. The zero-order chi connectivity index (χ0) is 9.14. The molecule has 0 aliphatic carbocycles. The zero-order valence-corrected chi connectivity index (χ0v) is 9.61. The van der Waals surface area contributed by atoms with Crippen LogP contribution in [0.5, 0.6) is 0 Å². The Balaban J connectivity index is 3.12. The second-order valence-corrected chi connectivity index (χ2v) is 4.08. The molecule has 0 saturated heterocycles. The molecule has 0 N–H and O–H groups in total. The normalized spacial score (nSPS) is 13.0. The standard InChI is InChI=1S/C10H12BrCl/c1-7-4-3-5-9(12)10(7)8(2)6-11/h3-5,8H,6H2,1-2H3. The molecular weight excluding hydrogens is 235 g/mol. The number of rotatable bonds is 2. The lowest BCUT2D eigenvalue weighted by molar-refractivity contribution is 0.877. The molecule has 0 nitrogen and oxygen atoms in total. The van der Waals surface area contributed by atoms with Crippen LogP contribution < -0.4 is 0 Å². The van der Waals surface area contributed by atoms with Gasteiger partial charge in [0.05, 0.1) is 0 Å². The van der Waals surface area contributed by atoms with Crippen molar-refractivity contribution in [1.29, 1.82) is 0 Å². The Morgan fingerprint density at radius 3 is 2.67 bits per heavy atom. The summed E-state index contributed by atoms with van der Waals surface area (Å²) in [5.74, 6) is 0.485. The molecule has 1 aromatic carbocycles. The van der Waals surface area contributed by atoms with E-state index in [1.54, 1.807) is 0 Å². The second-order valence-electron chi connectivity index (χ2n) is 3.03. The van der Waals surface area contributed by atoms with Crippen molar-refractivity contribution >= 4 is 27.5 Å². The Kier molecular flexibility index (Phi) is 3.60. The smallest absolute Gasteiger partial charge is 0.0443 e. The Labute approximate surface area is 87.1 Å². The lowest BCUT2D eigenvalue weighted by Gasteiger charge is -2.13. The highest BCUT2D eigenvalue weighted by atomic mass is 79.9. The highest BCUT2D eigenvalue weighted by Crippen LogP contribution is 2.28. The maximum absolute atomic E-state index is 6.08. The minimum Gasteiger partial charge on any atom is -0.0922 e. The van der Waals surface area contributed by atoms with E-state index in [-0.39, 0.29) is 0 Å². The fourth-order valence-corrected chi connectivity index (χ4v) is 2.08. The molecule has 0 radical (unpaired) electrons. The average Bonchev–Trinajstić information content (AvgIpc) is 2.03. The van der Waals surface area contributed by atoms with E-state index in [1.807, 2.05) is 12.1 Å². The van der Waals surface area contributed by atoms with Crippen LogP contribution in [0.15, 0.2) is 18.2 Å². The van der Waals surface area contributed by atoms with Gasteiger partial charge in [-0.2, -0.15) is 0 Å². The summed E-state index contributed by atoms with van der Waals surface area (Å²) in [7, 11) is 0. The van der Waals surface area contributed by atoms with Gasteiger partial charge in [-0.25, -0.2) is 0 Å². The van der Waals surface area contributed by atoms with Gasteiger partial charge in [0.1, 0.15) is 0 Å². The molecule has 2 heteroatoms.